The number of likely N-dealkylation sites (N-methyl/N-ethyl adjacent to an activating group) is 1. The average Bonchev–Trinajstić information content (AvgIpc) is 2.43. The lowest BCUT2D eigenvalue weighted by atomic mass is 10.00. The lowest BCUT2D eigenvalue weighted by Gasteiger charge is -2.12. The second-order valence-corrected chi connectivity index (χ2v) is 4.87. The summed E-state index contributed by atoms with van der Waals surface area (Å²) in [6.07, 6.45) is 1.06. The van der Waals surface area contributed by atoms with Gasteiger partial charge in [0, 0.05) is 13.2 Å². The number of hydrogen-bond acceptors (Lipinski definition) is 3. The van der Waals surface area contributed by atoms with Gasteiger partial charge in [-0.25, -0.2) is 0 Å². The van der Waals surface area contributed by atoms with Crippen LogP contribution in [0.5, 0.6) is 0 Å². The van der Waals surface area contributed by atoms with Crippen LogP contribution in [-0.4, -0.2) is 33.4 Å². The SMILES string of the molecule is CCCOCCOCc1ccc(C(C)CNC)cc1. The molecule has 0 aromatic heterocycles. The van der Waals surface area contributed by atoms with E-state index in [1.807, 2.05) is 7.05 Å². The van der Waals surface area contributed by atoms with Crippen molar-refractivity contribution in [2.45, 2.75) is 32.8 Å². The molecule has 0 radical (unpaired) electrons. The predicted molar refractivity (Wildman–Crippen MR) is 79.5 cm³/mol. The summed E-state index contributed by atoms with van der Waals surface area (Å²) in [4.78, 5) is 0. The van der Waals surface area contributed by atoms with Gasteiger partial charge >= 0.3 is 0 Å². The molecule has 19 heavy (non-hydrogen) atoms. The van der Waals surface area contributed by atoms with Gasteiger partial charge in [-0.05, 0) is 30.5 Å². The van der Waals surface area contributed by atoms with E-state index in [1.54, 1.807) is 0 Å². The maximum Gasteiger partial charge on any atom is 0.0718 e. The van der Waals surface area contributed by atoms with E-state index in [2.05, 4.69) is 43.4 Å². The molecule has 0 fully saturated rings. The van der Waals surface area contributed by atoms with E-state index < -0.39 is 0 Å². The van der Waals surface area contributed by atoms with Crippen LogP contribution in [0.3, 0.4) is 0 Å². The molecular formula is C16H27NO2. The van der Waals surface area contributed by atoms with E-state index in [0.717, 1.165) is 19.6 Å². The molecule has 0 aliphatic rings. The van der Waals surface area contributed by atoms with Crippen molar-refractivity contribution in [3.8, 4) is 0 Å². The highest BCUT2D eigenvalue weighted by Gasteiger charge is 2.03. The number of hydrogen-bond donors (Lipinski definition) is 1. The summed E-state index contributed by atoms with van der Waals surface area (Å²) in [5.74, 6) is 0.544. The lowest BCUT2D eigenvalue weighted by Crippen LogP contribution is -2.14. The largest absolute Gasteiger partial charge is 0.379 e. The number of benzene rings is 1. The fourth-order valence-corrected chi connectivity index (χ4v) is 1.92. The van der Waals surface area contributed by atoms with Crippen molar-refractivity contribution in [1.82, 2.24) is 5.32 Å². The second kappa shape index (κ2) is 9.96. The Bertz CT molecular complexity index is 324. The van der Waals surface area contributed by atoms with Gasteiger partial charge in [-0.2, -0.15) is 0 Å². The maximum atomic E-state index is 5.58. The molecule has 0 aliphatic carbocycles. The topological polar surface area (TPSA) is 30.5 Å². The highest BCUT2D eigenvalue weighted by Crippen LogP contribution is 2.15. The van der Waals surface area contributed by atoms with Crippen molar-refractivity contribution in [2.75, 3.05) is 33.4 Å². The minimum atomic E-state index is 0.544. The maximum absolute atomic E-state index is 5.58. The van der Waals surface area contributed by atoms with E-state index in [4.69, 9.17) is 9.47 Å². The normalized spacial score (nSPS) is 12.6. The first kappa shape index (κ1) is 16.2. The van der Waals surface area contributed by atoms with Crippen LogP contribution < -0.4 is 5.32 Å². The summed E-state index contributed by atoms with van der Waals surface area (Å²) in [6.45, 7) is 8.18. The number of nitrogens with one attached hydrogen (secondary N) is 1. The highest BCUT2D eigenvalue weighted by atomic mass is 16.5. The first-order chi connectivity index (χ1) is 9.27. The van der Waals surface area contributed by atoms with Crippen LogP contribution in [0.1, 0.15) is 37.3 Å². The molecule has 0 spiro atoms. The summed E-state index contributed by atoms with van der Waals surface area (Å²) in [5.41, 5.74) is 2.58. The minimum Gasteiger partial charge on any atom is -0.379 e. The Morgan fingerprint density at radius 1 is 1.05 bits per heavy atom. The van der Waals surface area contributed by atoms with E-state index in [9.17, 15) is 0 Å². The van der Waals surface area contributed by atoms with Crippen molar-refractivity contribution < 1.29 is 9.47 Å². The Labute approximate surface area is 117 Å². The molecule has 1 unspecified atom stereocenters. The molecule has 0 heterocycles. The third-order valence-corrected chi connectivity index (χ3v) is 3.05. The zero-order chi connectivity index (χ0) is 13.9. The molecule has 1 aromatic rings. The first-order valence-corrected chi connectivity index (χ1v) is 7.16. The highest BCUT2D eigenvalue weighted by molar-refractivity contribution is 5.24. The first-order valence-electron chi connectivity index (χ1n) is 7.16. The Balaban J connectivity index is 2.24. The van der Waals surface area contributed by atoms with Crippen LogP contribution in [0, 0.1) is 0 Å². The summed E-state index contributed by atoms with van der Waals surface area (Å²) in [7, 11) is 1.99. The molecule has 0 aliphatic heterocycles. The molecule has 0 amide bonds. The Morgan fingerprint density at radius 2 is 1.74 bits per heavy atom. The molecule has 0 saturated carbocycles. The van der Waals surface area contributed by atoms with Gasteiger partial charge in [0.25, 0.3) is 0 Å². The third-order valence-electron chi connectivity index (χ3n) is 3.05. The van der Waals surface area contributed by atoms with Gasteiger partial charge in [0.05, 0.1) is 19.8 Å². The fourth-order valence-electron chi connectivity index (χ4n) is 1.92. The fraction of sp³-hybridized carbons (Fsp3) is 0.625. The van der Waals surface area contributed by atoms with Crippen molar-refractivity contribution in [3.63, 3.8) is 0 Å². The van der Waals surface area contributed by atoms with Crippen LogP contribution in [0.2, 0.25) is 0 Å². The van der Waals surface area contributed by atoms with Crippen LogP contribution >= 0.6 is 0 Å². The van der Waals surface area contributed by atoms with Gasteiger partial charge < -0.3 is 14.8 Å². The van der Waals surface area contributed by atoms with Crippen LogP contribution in [0.15, 0.2) is 24.3 Å². The summed E-state index contributed by atoms with van der Waals surface area (Å²) >= 11 is 0. The molecule has 3 nitrogen and oxygen atoms in total. The van der Waals surface area contributed by atoms with E-state index in [0.29, 0.717) is 25.7 Å². The third kappa shape index (κ3) is 6.71. The van der Waals surface area contributed by atoms with Crippen molar-refractivity contribution in [3.05, 3.63) is 35.4 Å². The van der Waals surface area contributed by atoms with Gasteiger partial charge in [0.1, 0.15) is 0 Å². The molecule has 1 N–H and O–H groups in total. The Kier molecular flexibility index (Phi) is 8.47. The second-order valence-electron chi connectivity index (χ2n) is 4.87. The van der Waals surface area contributed by atoms with Crippen LogP contribution in [0.25, 0.3) is 0 Å². The van der Waals surface area contributed by atoms with Crippen molar-refractivity contribution in [2.24, 2.45) is 0 Å². The zero-order valence-corrected chi connectivity index (χ0v) is 12.4. The summed E-state index contributed by atoms with van der Waals surface area (Å²) in [5, 5.41) is 3.20. The standard InChI is InChI=1S/C16H27NO2/c1-4-9-18-10-11-19-13-15-5-7-16(8-6-15)14(2)12-17-3/h5-8,14,17H,4,9-13H2,1-3H3. The van der Waals surface area contributed by atoms with Gasteiger partial charge in [0.2, 0.25) is 0 Å². The molecular weight excluding hydrogens is 238 g/mol. The summed E-state index contributed by atoms with van der Waals surface area (Å²) in [6, 6.07) is 8.67. The van der Waals surface area contributed by atoms with E-state index in [-0.39, 0.29) is 0 Å². The summed E-state index contributed by atoms with van der Waals surface area (Å²) < 4.78 is 10.9. The Morgan fingerprint density at radius 3 is 2.37 bits per heavy atom. The number of ether oxygens (including phenoxy) is 2. The molecule has 0 bridgehead atoms. The van der Waals surface area contributed by atoms with Gasteiger partial charge in [-0.15, -0.1) is 0 Å². The van der Waals surface area contributed by atoms with Gasteiger partial charge in [-0.1, -0.05) is 38.1 Å². The van der Waals surface area contributed by atoms with Crippen LogP contribution in [-0.2, 0) is 16.1 Å². The minimum absolute atomic E-state index is 0.544. The predicted octanol–water partition coefficient (Wildman–Crippen LogP) is 2.95. The van der Waals surface area contributed by atoms with E-state index in [1.165, 1.54) is 11.1 Å². The van der Waals surface area contributed by atoms with Crippen LogP contribution in [0.4, 0.5) is 0 Å². The average molecular weight is 265 g/mol. The zero-order valence-electron chi connectivity index (χ0n) is 12.4. The molecule has 3 heteroatoms. The molecule has 108 valence electrons. The monoisotopic (exact) mass is 265 g/mol. The van der Waals surface area contributed by atoms with Crippen molar-refractivity contribution in [1.29, 1.82) is 0 Å². The quantitative estimate of drug-likeness (QED) is 0.660. The molecule has 0 saturated heterocycles. The molecule has 1 aromatic carbocycles. The molecule has 1 rings (SSSR count). The number of rotatable bonds is 10. The van der Waals surface area contributed by atoms with Crippen molar-refractivity contribution >= 4 is 0 Å². The van der Waals surface area contributed by atoms with Gasteiger partial charge in [0.15, 0.2) is 0 Å². The van der Waals surface area contributed by atoms with E-state index >= 15 is 0 Å². The van der Waals surface area contributed by atoms with Gasteiger partial charge in [-0.3, -0.25) is 0 Å². The smallest absolute Gasteiger partial charge is 0.0718 e. The molecule has 1 atom stereocenters. The Hall–Kier alpha value is -0.900. The lowest BCUT2D eigenvalue weighted by molar-refractivity contribution is 0.0408.